The number of amides is 1. The van der Waals surface area contributed by atoms with Gasteiger partial charge in [0.15, 0.2) is 0 Å². The maximum absolute atomic E-state index is 11.8. The summed E-state index contributed by atoms with van der Waals surface area (Å²) in [5.41, 5.74) is -0.557. The summed E-state index contributed by atoms with van der Waals surface area (Å²) in [6.07, 6.45) is 0.0965. The molecule has 0 aliphatic heterocycles. The minimum atomic E-state index is -0.557. The van der Waals surface area contributed by atoms with Gasteiger partial charge in [-0.15, -0.1) is 0 Å². The molecule has 5 heteroatoms. The molecule has 0 aliphatic rings. The molecule has 0 aromatic rings. The van der Waals surface area contributed by atoms with Crippen LogP contribution >= 0.6 is 0 Å². The van der Waals surface area contributed by atoms with E-state index in [1.807, 2.05) is 20.8 Å². The van der Waals surface area contributed by atoms with Gasteiger partial charge in [0.05, 0.1) is 13.0 Å². The monoisotopic (exact) mass is 273 g/mol. The van der Waals surface area contributed by atoms with Gasteiger partial charge in [-0.1, -0.05) is 20.8 Å². The SMILES string of the molecule is CC[C@H](C(=O)OC)[C@@H](NC(=O)OC(C)(C)C)C(C)C. The first-order chi connectivity index (χ1) is 8.62. The third-order valence-corrected chi connectivity index (χ3v) is 2.78. The van der Waals surface area contributed by atoms with E-state index in [1.54, 1.807) is 20.8 Å². The summed E-state index contributed by atoms with van der Waals surface area (Å²) in [5.74, 6) is -0.564. The Morgan fingerprint density at radius 3 is 2.05 bits per heavy atom. The van der Waals surface area contributed by atoms with Gasteiger partial charge in [-0.3, -0.25) is 4.79 Å². The molecule has 0 fully saturated rings. The van der Waals surface area contributed by atoms with Crippen molar-refractivity contribution in [3.63, 3.8) is 0 Å². The highest BCUT2D eigenvalue weighted by atomic mass is 16.6. The summed E-state index contributed by atoms with van der Waals surface area (Å²) in [4.78, 5) is 23.6. The Labute approximate surface area is 116 Å². The Bertz CT molecular complexity index is 307. The molecule has 1 amide bonds. The van der Waals surface area contributed by atoms with Gasteiger partial charge in [0, 0.05) is 6.04 Å². The zero-order valence-corrected chi connectivity index (χ0v) is 13.1. The molecular weight excluding hydrogens is 246 g/mol. The highest BCUT2D eigenvalue weighted by molar-refractivity contribution is 5.75. The standard InChI is InChI=1S/C14H27NO4/c1-8-10(12(16)18-7)11(9(2)3)15-13(17)19-14(4,5)6/h9-11H,8H2,1-7H3,(H,15,17)/t10-,11-/m0/s1. The summed E-state index contributed by atoms with van der Waals surface area (Å²) in [6, 6.07) is -0.299. The minimum absolute atomic E-state index is 0.108. The van der Waals surface area contributed by atoms with Crippen LogP contribution in [-0.2, 0) is 14.3 Å². The number of esters is 1. The molecule has 2 atom stereocenters. The van der Waals surface area contributed by atoms with Crippen molar-refractivity contribution in [2.24, 2.45) is 11.8 Å². The number of rotatable bonds is 5. The van der Waals surface area contributed by atoms with Crippen LogP contribution in [0.5, 0.6) is 0 Å². The average molecular weight is 273 g/mol. The molecule has 0 saturated heterocycles. The van der Waals surface area contributed by atoms with Gasteiger partial charge in [-0.2, -0.15) is 0 Å². The molecule has 19 heavy (non-hydrogen) atoms. The van der Waals surface area contributed by atoms with Crippen molar-refractivity contribution in [1.29, 1.82) is 0 Å². The lowest BCUT2D eigenvalue weighted by Gasteiger charge is -2.30. The van der Waals surface area contributed by atoms with Crippen molar-refractivity contribution in [3.8, 4) is 0 Å². The van der Waals surface area contributed by atoms with Crippen LogP contribution in [0.1, 0.15) is 48.0 Å². The lowest BCUT2D eigenvalue weighted by Crippen LogP contribution is -2.48. The fourth-order valence-electron chi connectivity index (χ4n) is 1.89. The number of nitrogens with one attached hydrogen (secondary N) is 1. The largest absolute Gasteiger partial charge is 0.469 e. The maximum atomic E-state index is 11.8. The second-order valence-electron chi connectivity index (χ2n) is 5.95. The van der Waals surface area contributed by atoms with Crippen molar-refractivity contribution in [2.45, 2.75) is 59.6 Å². The molecule has 0 aromatic carbocycles. The lowest BCUT2D eigenvalue weighted by atomic mass is 9.88. The third kappa shape index (κ3) is 6.45. The molecule has 1 N–H and O–H groups in total. The van der Waals surface area contributed by atoms with Gasteiger partial charge in [0.2, 0.25) is 0 Å². The number of alkyl carbamates (subject to hydrolysis) is 1. The Morgan fingerprint density at radius 1 is 1.21 bits per heavy atom. The molecule has 0 aromatic heterocycles. The number of ether oxygens (including phenoxy) is 2. The molecule has 0 rings (SSSR count). The zero-order chi connectivity index (χ0) is 15.2. The predicted molar refractivity (Wildman–Crippen MR) is 73.8 cm³/mol. The highest BCUT2D eigenvalue weighted by Gasteiger charge is 2.32. The van der Waals surface area contributed by atoms with Gasteiger partial charge in [-0.05, 0) is 33.1 Å². The van der Waals surface area contributed by atoms with E-state index >= 15 is 0 Å². The number of methoxy groups -OCH3 is 1. The lowest BCUT2D eigenvalue weighted by molar-refractivity contribution is -0.147. The van der Waals surface area contributed by atoms with Gasteiger partial charge in [-0.25, -0.2) is 4.79 Å². The number of carbonyl (C=O) groups is 2. The molecule has 112 valence electrons. The molecule has 0 spiro atoms. The normalized spacial score (nSPS) is 14.7. The summed E-state index contributed by atoms with van der Waals surface area (Å²) < 4.78 is 10.0. The van der Waals surface area contributed by atoms with Crippen LogP contribution in [0.2, 0.25) is 0 Å². The molecule has 5 nitrogen and oxygen atoms in total. The van der Waals surface area contributed by atoms with E-state index in [2.05, 4.69) is 5.32 Å². The van der Waals surface area contributed by atoms with Crippen LogP contribution in [0.25, 0.3) is 0 Å². The van der Waals surface area contributed by atoms with E-state index in [0.29, 0.717) is 6.42 Å². The van der Waals surface area contributed by atoms with Gasteiger partial charge >= 0.3 is 12.1 Å². The van der Waals surface area contributed by atoms with E-state index in [4.69, 9.17) is 9.47 Å². The summed E-state index contributed by atoms with van der Waals surface area (Å²) in [7, 11) is 1.36. The second-order valence-corrected chi connectivity index (χ2v) is 5.95. The van der Waals surface area contributed by atoms with E-state index in [0.717, 1.165) is 0 Å². The van der Waals surface area contributed by atoms with Crippen LogP contribution in [-0.4, -0.2) is 30.8 Å². The van der Waals surface area contributed by atoms with E-state index in [-0.39, 0.29) is 23.8 Å². The molecule has 0 heterocycles. The van der Waals surface area contributed by atoms with E-state index in [1.165, 1.54) is 7.11 Å². The van der Waals surface area contributed by atoms with Crippen LogP contribution < -0.4 is 5.32 Å². The first kappa shape index (κ1) is 17.7. The quantitative estimate of drug-likeness (QED) is 0.782. The number of hydrogen-bond acceptors (Lipinski definition) is 4. The summed E-state index contributed by atoms with van der Waals surface area (Å²) >= 11 is 0. The van der Waals surface area contributed by atoms with Crippen LogP contribution in [0.15, 0.2) is 0 Å². The van der Waals surface area contributed by atoms with Gasteiger partial charge < -0.3 is 14.8 Å². The zero-order valence-electron chi connectivity index (χ0n) is 13.1. The third-order valence-electron chi connectivity index (χ3n) is 2.78. The van der Waals surface area contributed by atoms with Crippen molar-refractivity contribution >= 4 is 12.1 Å². The van der Waals surface area contributed by atoms with Crippen molar-refractivity contribution in [3.05, 3.63) is 0 Å². The van der Waals surface area contributed by atoms with Crippen LogP contribution in [0.4, 0.5) is 4.79 Å². The second kappa shape index (κ2) is 7.36. The molecule has 0 unspecified atom stereocenters. The van der Waals surface area contributed by atoms with Crippen molar-refractivity contribution in [1.82, 2.24) is 5.32 Å². The summed E-state index contributed by atoms with van der Waals surface area (Å²) in [5, 5.41) is 2.78. The molecule has 0 saturated carbocycles. The van der Waals surface area contributed by atoms with E-state index in [9.17, 15) is 9.59 Å². The van der Waals surface area contributed by atoms with E-state index < -0.39 is 11.7 Å². The van der Waals surface area contributed by atoms with Crippen LogP contribution in [0, 0.1) is 11.8 Å². The number of hydrogen-bond donors (Lipinski definition) is 1. The Morgan fingerprint density at radius 2 is 1.74 bits per heavy atom. The van der Waals surface area contributed by atoms with Gasteiger partial charge in [0.1, 0.15) is 5.60 Å². The Kier molecular flexibility index (Phi) is 6.87. The molecule has 0 bridgehead atoms. The topological polar surface area (TPSA) is 64.6 Å². The summed E-state index contributed by atoms with van der Waals surface area (Å²) in [6.45, 7) is 11.2. The predicted octanol–water partition coefficient (Wildman–Crippen LogP) is 2.73. The molecule has 0 aliphatic carbocycles. The minimum Gasteiger partial charge on any atom is -0.469 e. The van der Waals surface area contributed by atoms with Crippen molar-refractivity contribution in [2.75, 3.05) is 7.11 Å². The molecule has 0 radical (unpaired) electrons. The first-order valence-electron chi connectivity index (χ1n) is 6.69. The highest BCUT2D eigenvalue weighted by Crippen LogP contribution is 2.19. The molecular formula is C14H27NO4. The maximum Gasteiger partial charge on any atom is 0.407 e. The average Bonchev–Trinajstić information content (AvgIpc) is 2.25. The number of carbonyl (C=O) groups excluding carboxylic acids is 2. The van der Waals surface area contributed by atoms with Crippen molar-refractivity contribution < 1.29 is 19.1 Å². The fourth-order valence-corrected chi connectivity index (χ4v) is 1.89. The Balaban J connectivity index is 4.82. The van der Waals surface area contributed by atoms with Crippen LogP contribution in [0.3, 0.4) is 0 Å². The Hall–Kier alpha value is -1.26. The smallest absolute Gasteiger partial charge is 0.407 e. The first-order valence-corrected chi connectivity index (χ1v) is 6.69. The fraction of sp³-hybridized carbons (Fsp3) is 0.857. The van der Waals surface area contributed by atoms with Gasteiger partial charge in [0.25, 0.3) is 0 Å².